The number of carbonyl (C=O) groups is 1. The van der Waals surface area contributed by atoms with Gasteiger partial charge in [0.15, 0.2) is 0 Å². The standard InChI is InChI=1S/C18H32N4O2/c1-15(2)17(11-19)21-7-9-22(10-8-21)18(23)13-20-6-4-5-16(12-20)14-24-3/h15-17H,4-10,12-14H2,1-3H3/t16-,17+/m0/s1. The van der Waals surface area contributed by atoms with E-state index in [1.807, 2.05) is 4.90 Å². The Kier molecular flexibility index (Phi) is 7.47. The lowest BCUT2D eigenvalue weighted by Crippen LogP contribution is -2.54. The highest BCUT2D eigenvalue weighted by Crippen LogP contribution is 2.17. The lowest BCUT2D eigenvalue weighted by atomic mass is 9.99. The summed E-state index contributed by atoms with van der Waals surface area (Å²) in [4.78, 5) is 19.0. The van der Waals surface area contributed by atoms with Gasteiger partial charge in [-0.15, -0.1) is 0 Å². The van der Waals surface area contributed by atoms with Crippen LogP contribution < -0.4 is 0 Å². The minimum Gasteiger partial charge on any atom is -0.384 e. The van der Waals surface area contributed by atoms with Crippen molar-refractivity contribution in [2.24, 2.45) is 11.8 Å². The van der Waals surface area contributed by atoms with Crippen molar-refractivity contribution >= 4 is 5.91 Å². The molecule has 0 aromatic carbocycles. The Morgan fingerprint density at radius 1 is 1.25 bits per heavy atom. The molecule has 2 rings (SSSR count). The summed E-state index contributed by atoms with van der Waals surface area (Å²) in [7, 11) is 1.75. The zero-order valence-corrected chi connectivity index (χ0v) is 15.4. The summed E-state index contributed by atoms with van der Waals surface area (Å²) < 4.78 is 5.26. The van der Waals surface area contributed by atoms with Gasteiger partial charge < -0.3 is 9.64 Å². The van der Waals surface area contributed by atoms with E-state index in [0.29, 0.717) is 18.4 Å². The number of carbonyl (C=O) groups excluding carboxylic acids is 1. The second kappa shape index (κ2) is 9.36. The number of piperidine rings is 1. The van der Waals surface area contributed by atoms with Crippen molar-refractivity contribution in [1.29, 1.82) is 5.26 Å². The Hall–Kier alpha value is -1.16. The molecule has 24 heavy (non-hydrogen) atoms. The molecule has 2 aliphatic rings. The highest BCUT2D eigenvalue weighted by molar-refractivity contribution is 5.78. The van der Waals surface area contributed by atoms with Crippen molar-refractivity contribution < 1.29 is 9.53 Å². The first-order valence-electron chi connectivity index (χ1n) is 9.18. The van der Waals surface area contributed by atoms with Crippen molar-refractivity contribution in [3.05, 3.63) is 0 Å². The molecule has 0 saturated carbocycles. The summed E-state index contributed by atoms with van der Waals surface area (Å²) in [5.41, 5.74) is 0. The van der Waals surface area contributed by atoms with Crippen molar-refractivity contribution in [2.45, 2.75) is 32.7 Å². The van der Waals surface area contributed by atoms with Crippen molar-refractivity contribution in [2.75, 3.05) is 59.5 Å². The SMILES string of the molecule is COC[C@H]1CCCN(CC(=O)N2CCN([C@H](C#N)C(C)C)CC2)C1. The molecule has 0 radical (unpaired) electrons. The van der Waals surface area contributed by atoms with Gasteiger partial charge >= 0.3 is 0 Å². The first kappa shape index (κ1) is 19.2. The average Bonchev–Trinajstić information content (AvgIpc) is 2.56. The van der Waals surface area contributed by atoms with Gasteiger partial charge in [-0.2, -0.15) is 5.26 Å². The van der Waals surface area contributed by atoms with E-state index in [4.69, 9.17) is 4.74 Å². The molecule has 0 spiro atoms. The van der Waals surface area contributed by atoms with E-state index in [0.717, 1.165) is 52.3 Å². The normalized spacial score (nSPS) is 24.8. The van der Waals surface area contributed by atoms with Gasteiger partial charge in [-0.05, 0) is 31.2 Å². The molecule has 6 nitrogen and oxygen atoms in total. The molecule has 0 aromatic rings. The third kappa shape index (κ3) is 5.17. The molecule has 2 saturated heterocycles. The van der Waals surface area contributed by atoms with Gasteiger partial charge in [0.25, 0.3) is 0 Å². The van der Waals surface area contributed by atoms with Crippen LogP contribution in [0.1, 0.15) is 26.7 Å². The summed E-state index contributed by atoms with van der Waals surface area (Å²) in [6, 6.07) is 2.36. The van der Waals surface area contributed by atoms with E-state index in [9.17, 15) is 10.1 Å². The minimum atomic E-state index is -0.0425. The van der Waals surface area contributed by atoms with E-state index in [1.54, 1.807) is 7.11 Å². The van der Waals surface area contributed by atoms with Crippen LogP contribution in [-0.4, -0.2) is 86.2 Å². The fourth-order valence-corrected chi connectivity index (χ4v) is 3.86. The number of hydrogen-bond acceptors (Lipinski definition) is 5. The summed E-state index contributed by atoms with van der Waals surface area (Å²) in [5, 5.41) is 9.32. The number of nitrogens with zero attached hydrogens (tertiary/aromatic N) is 4. The van der Waals surface area contributed by atoms with E-state index < -0.39 is 0 Å². The molecule has 0 bridgehead atoms. The molecule has 2 heterocycles. The van der Waals surface area contributed by atoms with E-state index in [-0.39, 0.29) is 11.9 Å². The maximum absolute atomic E-state index is 12.6. The van der Waals surface area contributed by atoms with Crippen LogP contribution in [0.2, 0.25) is 0 Å². The fraction of sp³-hybridized carbons (Fsp3) is 0.889. The van der Waals surface area contributed by atoms with Gasteiger partial charge in [0.05, 0.1) is 19.2 Å². The lowest BCUT2D eigenvalue weighted by molar-refractivity contribution is -0.135. The third-order valence-corrected chi connectivity index (χ3v) is 5.19. The Morgan fingerprint density at radius 2 is 1.96 bits per heavy atom. The second-order valence-corrected chi connectivity index (χ2v) is 7.43. The Bertz CT molecular complexity index is 439. The van der Waals surface area contributed by atoms with Gasteiger partial charge in [-0.25, -0.2) is 0 Å². The molecule has 6 heteroatoms. The number of nitriles is 1. The van der Waals surface area contributed by atoms with Crippen LogP contribution in [0.5, 0.6) is 0 Å². The number of ether oxygens (including phenoxy) is 1. The highest BCUT2D eigenvalue weighted by Gasteiger charge is 2.29. The molecule has 0 aliphatic carbocycles. The first-order valence-corrected chi connectivity index (χ1v) is 9.18. The number of amides is 1. The van der Waals surface area contributed by atoms with Crippen LogP contribution in [0, 0.1) is 23.2 Å². The molecule has 2 fully saturated rings. The topological polar surface area (TPSA) is 59.8 Å². The fourth-order valence-electron chi connectivity index (χ4n) is 3.86. The molecule has 136 valence electrons. The summed E-state index contributed by atoms with van der Waals surface area (Å²) in [6.07, 6.45) is 2.34. The van der Waals surface area contributed by atoms with Crippen molar-refractivity contribution in [3.8, 4) is 6.07 Å². The van der Waals surface area contributed by atoms with Gasteiger partial charge in [-0.1, -0.05) is 13.8 Å². The summed E-state index contributed by atoms with van der Waals surface area (Å²) >= 11 is 0. The first-order chi connectivity index (χ1) is 11.5. The maximum Gasteiger partial charge on any atom is 0.236 e. The molecular weight excluding hydrogens is 304 g/mol. The molecule has 0 aromatic heterocycles. The van der Waals surface area contributed by atoms with E-state index >= 15 is 0 Å². The molecular formula is C18H32N4O2. The van der Waals surface area contributed by atoms with Gasteiger partial charge in [0.1, 0.15) is 6.04 Å². The molecule has 2 atom stereocenters. The highest BCUT2D eigenvalue weighted by atomic mass is 16.5. The molecule has 0 unspecified atom stereocenters. The Morgan fingerprint density at radius 3 is 2.54 bits per heavy atom. The van der Waals surface area contributed by atoms with E-state index in [1.165, 1.54) is 6.42 Å². The summed E-state index contributed by atoms with van der Waals surface area (Å²) in [5.74, 6) is 1.10. The van der Waals surface area contributed by atoms with Gasteiger partial charge in [0.2, 0.25) is 5.91 Å². The minimum absolute atomic E-state index is 0.0425. The second-order valence-electron chi connectivity index (χ2n) is 7.43. The van der Waals surface area contributed by atoms with Crippen LogP contribution in [-0.2, 0) is 9.53 Å². The molecule has 0 N–H and O–H groups in total. The van der Waals surface area contributed by atoms with Crippen LogP contribution in [0.3, 0.4) is 0 Å². The average molecular weight is 336 g/mol. The van der Waals surface area contributed by atoms with Crippen LogP contribution >= 0.6 is 0 Å². The van der Waals surface area contributed by atoms with E-state index in [2.05, 4.69) is 29.7 Å². The van der Waals surface area contributed by atoms with Gasteiger partial charge in [0, 0.05) is 39.8 Å². The quantitative estimate of drug-likeness (QED) is 0.725. The molecule has 1 amide bonds. The third-order valence-electron chi connectivity index (χ3n) is 5.19. The van der Waals surface area contributed by atoms with Crippen molar-refractivity contribution in [1.82, 2.24) is 14.7 Å². The molecule has 2 aliphatic heterocycles. The number of hydrogen-bond donors (Lipinski definition) is 0. The maximum atomic E-state index is 12.6. The predicted octanol–water partition coefficient (Wildman–Crippen LogP) is 1.04. The number of piperazine rings is 1. The monoisotopic (exact) mass is 336 g/mol. The predicted molar refractivity (Wildman–Crippen MR) is 93.4 cm³/mol. The Balaban J connectivity index is 1.77. The van der Waals surface area contributed by atoms with Crippen LogP contribution in [0.4, 0.5) is 0 Å². The lowest BCUT2D eigenvalue weighted by Gasteiger charge is -2.39. The smallest absolute Gasteiger partial charge is 0.236 e. The zero-order chi connectivity index (χ0) is 17.5. The van der Waals surface area contributed by atoms with Crippen LogP contribution in [0.15, 0.2) is 0 Å². The zero-order valence-electron chi connectivity index (χ0n) is 15.4. The summed E-state index contributed by atoms with van der Waals surface area (Å²) in [6.45, 7) is 10.5. The number of rotatable bonds is 6. The van der Waals surface area contributed by atoms with Gasteiger partial charge in [-0.3, -0.25) is 14.6 Å². The number of likely N-dealkylation sites (tertiary alicyclic amines) is 1. The Labute approximate surface area is 146 Å². The largest absolute Gasteiger partial charge is 0.384 e. The number of methoxy groups -OCH3 is 1. The van der Waals surface area contributed by atoms with Crippen molar-refractivity contribution in [3.63, 3.8) is 0 Å². The van der Waals surface area contributed by atoms with Crippen LogP contribution in [0.25, 0.3) is 0 Å².